The SMILES string of the molecule is COC(=O)c1sc(NCc2c(C)nn(C)c2OC)nc1Cl. The molecule has 0 aromatic carbocycles. The third-order valence-corrected chi connectivity index (χ3v) is 4.23. The molecule has 0 aliphatic carbocycles. The number of ether oxygens (including phenoxy) is 2. The van der Waals surface area contributed by atoms with Crippen molar-refractivity contribution in [1.29, 1.82) is 0 Å². The molecule has 0 unspecified atom stereocenters. The van der Waals surface area contributed by atoms with E-state index in [4.69, 9.17) is 16.3 Å². The normalized spacial score (nSPS) is 10.5. The number of carbonyl (C=O) groups is 1. The van der Waals surface area contributed by atoms with Gasteiger partial charge in [0.05, 0.1) is 25.5 Å². The van der Waals surface area contributed by atoms with Crippen LogP contribution in [0, 0.1) is 6.92 Å². The molecular weight excluding hydrogens is 316 g/mol. The molecule has 9 heteroatoms. The van der Waals surface area contributed by atoms with Gasteiger partial charge in [0.15, 0.2) is 15.2 Å². The standard InChI is InChI=1S/C12H15ClN4O3S/c1-6-7(10(19-3)17(2)16-6)5-14-12-15-9(13)8(21-12)11(18)20-4/h5H2,1-4H3,(H,14,15). The van der Waals surface area contributed by atoms with Gasteiger partial charge in [0.1, 0.15) is 0 Å². The molecule has 7 nitrogen and oxygen atoms in total. The number of thiazole rings is 1. The zero-order valence-corrected chi connectivity index (χ0v) is 13.6. The van der Waals surface area contributed by atoms with E-state index >= 15 is 0 Å². The summed E-state index contributed by atoms with van der Waals surface area (Å²) in [4.78, 5) is 15.8. The molecule has 0 spiro atoms. The Labute approximate surface area is 130 Å². The Morgan fingerprint density at radius 2 is 2.19 bits per heavy atom. The first-order valence-corrected chi connectivity index (χ1v) is 7.22. The molecule has 0 atom stereocenters. The molecule has 0 aliphatic rings. The van der Waals surface area contributed by atoms with Crippen molar-refractivity contribution < 1.29 is 14.3 Å². The topological polar surface area (TPSA) is 78.3 Å². The monoisotopic (exact) mass is 330 g/mol. The van der Waals surface area contributed by atoms with Crippen LogP contribution in [-0.2, 0) is 18.3 Å². The highest BCUT2D eigenvalue weighted by Gasteiger charge is 2.18. The van der Waals surface area contributed by atoms with Gasteiger partial charge in [-0.25, -0.2) is 14.5 Å². The smallest absolute Gasteiger partial charge is 0.351 e. The Morgan fingerprint density at radius 1 is 1.48 bits per heavy atom. The molecule has 0 bridgehead atoms. The van der Waals surface area contributed by atoms with E-state index < -0.39 is 5.97 Å². The first-order chi connectivity index (χ1) is 9.97. The lowest BCUT2D eigenvalue weighted by Gasteiger charge is -2.05. The number of halogens is 1. The van der Waals surface area contributed by atoms with Crippen LogP contribution < -0.4 is 10.1 Å². The van der Waals surface area contributed by atoms with Gasteiger partial charge in [0, 0.05) is 13.6 Å². The van der Waals surface area contributed by atoms with E-state index in [0.29, 0.717) is 17.6 Å². The van der Waals surface area contributed by atoms with E-state index in [9.17, 15) is 4.79 Å². The summed E-state index contributed by atoms with van der Waals surface area (Å²) in [6.45, 7) is 2.36. The van der Waals surface area contributed by atoms with Crippen LogP contribution in [0.5, 0.6) is 5.88 Å². The molecule has 2 aromatic rings. The molecule has 2 heterocycles. The van der Waals surface area contributed by atoms with Crippen molar-refractivity contribution in [2.24, 2.45) is 7.05 Å². The number of anilines is 1. The van der Waals surface area contributed by atoms with E-state index in [1.165, 1.54) is 7.11 Å². The number of hydrogen-bond donors (Lipinski definition) is 1. The van der Waals surface area contributed by atoms with Gasteiger partial charge in [-0.05, 0) is 6.92 Å². The Morgan fingerprint density at radius 3 is 2.81 bits per heavy atom. The van der Waals surface area contributed by atoms with Crippen LogP contribution in [0.3, 0.4) is 0 Å². The lowest BCUT2D eigenvalue weighted by Crippen LogP contribution is -2.02. The average molecular weight is 331 g/mol. The highest BCUT2D eigenvalue weighted by molar-refractivity contribution is 7.18. The van der Waals surface area contributed by atoms with Crippen LogP contribution >= 0.6 is 22.9 Å². The first-order valence-electron chi connectivity index (χ1n) is 6.02. The summed E-state index contributed by atoms with van der Waals surface area (Å²) >= 11 is 7.05. The summed E-state index contributed by atoms with van der Waals surface area (Å²) in [6, 6.07) is 0. The van der Waals surface area contributed by atoms with Gasteiger partial charge in [0.2, 0.25) is 5.88 Å². The van der Waals surface area contributed by atoms with E-state index in [1.54, 1.807) is 11.8 Å². The van der Waals surface area contributed by atoms with Crippen LogP contribution in [0.1, 0.15) is 20.9 Å². The van der Waals surface area contributed by atoms with Gasteiger partial charge in [0.25, 0.3) is 0 Å². The third kappa shape index (κ3) is 3.11. The molecule has 0 radical (unpaired) electrons. The van der Waals surface area contributed by atoms with E-state index in [0.717, 1.165) is 22.6 Å². The predicted octanol–water partition coefficient (Wildman–Crippen LogP) is 2.25. The van der Waals surface area contributed by atoms with Gasteiger partial charge in [-0.1, -0.05) is 22.9 Å². The highest BCUT2D eigenvalue weighted by Crippen LogP contribution is 2.29. The summed E-state index contributed by atoms with van der Waals surface area (Å²) in [5.41, 5.74) is 1.78. The van der Waals surface area contributed by atoms with Gasteiger partial charge < -0.3 is 14.8 Å². The van der Waals surface area contributed by atoms with E-state index in [2.05, 4.69) is 20.1 Å². The molecular formula is C12H15ClN4O3S. The maximum atomic E-state index is 11.5. The van der Waals surface area contributed by atoms with Crippen molar-refractivity contribution in [3.8, 4) is 5.88 Å². The minimum atomic E-state index is -0.499. The molecule has 0 aliphatic heterocycles. The van der Waals surface area contributed by atoms with Crippen molar-refractivity contribution >= 4 is 34.0 Å². The van der Waals surface area contributed by atoms with Gasteiger partial charge in [-0.3, -0.25) is 0 Å². The summed E-state index contributed by atoms with van der Waals surface area (Å²) in [5.74, 6) is 0.177. The highest BCUT2D eigenvalue weighted by atomic mass is 35.5. The lowest BCUT2D eigenvalue weighted by atomic mass is 10.2. The summed E-state index contributed by atoms with van der Waals surface area (Å²) in [7, 11) is 4.70. The minimum absolute atomic E-state index is 0.129. The molecule has 0 saturated heterocycles. The molecule has 2 rings (SSSR count). The van der Waals surface area contributed by atoms with Crippen molar-refractivity contribution in [3.05, 3.63) is 21.3 Å². The second-order valence-corrected chi connectivity index (χ2v) is 5.54. The van der Waals surface area contributed by atoms with Crippen molar-refractivity contribution in [3.63, 3.8) is 0 Å². The first kappa shape index (κ1) is 15.6. The second-order valence-electron chi connectivity index (χ2n) is 4.18. The summed E-state index contributed by atoms with van der Waals surface area (Å²) in [5, 5.41) is 8.07. The van der Waals surface area contributed by atoms with E-state index in [-0.39, 0.29) is 10.0 Å². The summed E-state index contributed by atoms with van der Waals surface area (Å²) in [6.07, 6.45) is 0. The van der Waals surface area contributed by atoms with Gasteiger partial charge in [-0.2, -0.15) is 5.10 Å². The number of rotatable bonds is 5. The lowest BCUT2D eigenvalue weighted by molar-refractivity contribution is 0.0606. The van der Waals surface area contributed by atoms with E-state index in [1.807, 2.05) is 14.0 Å². The fourth-order valence-electron chi connectivity index (χ4n) is 1.90. The number of hydrogen-bond acceptors (Lipinski definition) is 7. The quantitative estimate of drug-likeness (QED) is 0.847. The zero-order chi connectivity index (χ0) is 15.6. The molecule has 0 fully saturated rings. The Kier molecular flexibility index (Phi) is 4.69. The fourth-order valence-corrected chi connectivity index (χ4v) is 3.00. The molecule has 1 N–H and O–H groups in total. The number of esters is 1. The predicted molar refractivity (Wildman–Crippen MR) is 80.3 cm³/mol. The van der Waals surface area contributed by atoms with Crippen molar-refractivity contribution in [2.45, 2.75) is 13.5 Å². The Bertz CT molecular complexity index is 668. The molecule has 0 amide bonds. The number of methoxy groups -OCH3 is 2. The maximum absolute atomic E-state index is 11.5. The third-order valence-electron chi connectivity index (χ3n) is 2.86. The maximum Gasteiger partial charge on any atom is 0.351 e. The van der Waals surface area contributed by atoms with Crippen molar-refractivity contribution in [2.75, 3.05) is 19.5 Å². The second kappa shape index (κ2) is 6.31. The fraction of sp³-hybridized carbons (Fsp3) is 0.417. The summed E-state index contributed by atoms with van der Waals surface area (Å²) < 4.78 is 11.6. The van der Waals surface area contributed by atoms with Gasteiger partial charge >= 0.3 is 5.97 Å². The molecule has 114 valence electrons. The number of carbonyl (C=O) groups excluding carboxylic acids is 1. The Balaban J connectivity index is 2.16. The van der Waals surface area contributed by atoms with Crippen LogP contribution in [0.25, 0.3) is 0 Å². The van der Waals surface area contributed by atoms with Crippen molar-refractivity contribution in [1.82, 2.24) is 14.8 Å². The Hall–Kier alpha value is -1.80. The molecule has 0 saturated carbocycles. The molecule has 2 aromatic heterocycles. The minimum Gasteiger partial charge on any atom is -0.481 e. The van der Waals surface area contributed by atoms with Crippen LogP contribution in [0.2, 0.25) is 5.15 Å². The van der Waals surface area contributed by atoms with Gasteiger partial charge in [-0.15, -0.1) is 0 Å². The van der Waals surface area contributed by atoms with Crippen LogP contribution in [0.15, 0.2) is 0 Å². The number of aromatic nitrogens is 3. The largest absolute Gasteiger partial charge is 0.481 e. The number of nitrogens with one attached hydrogen (secondary N) is 1. The number of nitrogens with zero attached hydrogens (tertiary/aromatic N) is 3. The number of aryl methyl sites for hydroxylation is 2. The average Bonchev–Trinajstić information content (AvgIpc) is 2.95. The van der Waals surface area contributed by atoms with Crippen LogP contribution in [-0.4, -0.2) is 35.0 Å². The molecule has 21 heavy (non-hydrogen) atoms. The zero-order valence-electron chi connectivity index (χ0n) is 12.1. The van der Waals surface area contributed by atoms with Crippen LogP contribution in [0.4, 0.5) is 5.13 Å².